The second kappa shape index (κ2) is 8.60. The number of carbonyl (C=O) groups is 1. The van der Waals surface area contributed by atoms with E-state index in [-0.39, 0.29) is 30.1 Å². The molecule has 196 valence electrons. The first kappa shape index (κ1) is 24.0. The second-order valence-corrected chi connectivity index (χ2v) is 12.0. The summed E-state index contributed by atoms with van der Waals surface area (Å²) in [5.74, 6) is 2.73. The fraction of sp³-hybridized carbons (Fsp3) is 0.731. The van der Waals surface area contributed by atoms with Crippen LogP contribution in [0.2, 0.25) is 0 Å². The Hall–Kier alpha value is -2.36. The molecule has 0 aromatic carbocycles. The summed E-state index contributed by atoms with van der Waals surface area (Å²) < 4.78 is 38.5. The number of fused-ring (bicyclic) bond motifs is 2. The average Bonchev–Trinajstić information content (AvgIpc) is 3.38. The first-order valence-electron chi connectivity index (χ1n) is 13.2. The third-order valence-corrected chi connectivity index (χ3v) is 9.12. The quantitative estimate of drug-likeness (QED) is 0.633. The van der Waals surface area contributed by atoms with Gasteiger partial charge in [-0.05, 0) is 62.7 Å². The number of allylic oxidation sites excluding steroid dienone is 2. The molecule has 7 nitrogen and oxygen atoms in total. The molecule has 0 radical (unpaired) electrons. The Morgan fingerprint density at radius 1 is 1.08 bits per heavy atom. The largest absolute Gasteiger partial charge is 0.419 e. The van der Waals surface area contributed by atoms with E-state index in [0.717, 1.165) is 56.1 Å². The molecule has 36 heavy (non-hydrogen) atoms. The first-order valence-corrected chi connectivity index (χ1v) is 13.2. The van der Waals surface area contributed by atoms with Gasteiger partial charge >= 0.3 is 12.2 Å². The lowest BCUT2D eigenvalue weighted by molar-refractivity contribution is -0.138. The molecule has 3 aliphatic carbocycles. The van der Waals surface area contributed by atoms with Crippen LogP contribution in [0, 0.1) is 23.2 Å². The third-order valence-electron chi connectivity index (χ3n) is 9.12. The van der Waals surface area contributed by atoms with Crippen molar-refractivity contribution < 1.29 is 18.0 Å². The van der Waals surface area contributed by atoms with Crippen molar-refractivity contribution in [2.45, 2.75) is 63.8 Å². The second-order valence-electron chi connectivity index (χ2n) is 12.0. The zero-order chi connectivity index (χ0) is 25.2. The van der Waals surface area contributed by atoms with Crippen LogP contribution in [0.15, 0.2) is 24.5 Å². The van der Waals surface area contributed by atoms with Gasteiger partial charge in [-0.3, -0.25) is 0 Å². The number of anilines is 1. The summed E-state index contributed by atoms with van der Waals surface area (Å²) in [6.07, 6.45) is 6.84. The van der Waals surface area contributed by atoms with Gasteiger partial charge in [0, 0.05) is 63.2 Å². The molecular weight excluding hydrogens is 469 g/mol. The normalized spacial score (nSPS) is 33.6. The molecule has 3 heterocycles. The molecule has 1 aromatic heterocycles. The third kappa shape index (κ3) is 4.35. The number of aromatic nitrogens is 2. The number of piperazine rings is 1. The number of hydrogen-bond donors (Lipinski definition) is 1. The van der Waals surface area contributed by atoms with Gasteiger partial charge < -0.3 is 20.0 Å². The van der Waals surface area contributed by atoms with E-state index in [1.807, 2.05) is 23.6 Å². The summed E-state index contributed by atoms with van der Waals surface area (Å²) in [4.78, 5) is 27.3. The molecule has 2 saturated heterocycles. The maximum absolute atomic E-state index is 13.1. The van der Waals surface area contributed by atoms with Gasteiger partial charge in [-0.1, -0.05) is 12.2 Å². The number of alkyl halides is 3. The van der Waals surface area contributed by atoms with Gasteiger partial charge in [0.05, 0.1) is 5.56 Å². The van der Waals surface area contributed by atoms with E-state index in [1.165, 1.54) is 19.4 Å². The molecule has 1 spiro atoms. The molecule has 3 unspecified atom stereocenters. The lowest BCUT2D eigenvalue weighted by atomic mass is 9.60. The Morgan fingerprint density at radius 2 is 1.75 bits per heavy atom. The molecule has 6 rings (SSSR count). The molecule has 5 atom stereocenters. The molecule has 2 saturated carbocycles. The zero-order valence-corrected chi connectivity index (χ0v) is 20.9. The average molecular weight is 505 g/mol. The number of amides is 2. The Labute approximate surface area is 210 Å². The van der Waals surface area contributed by atoms with Crippen molar-refractivity contribution in [2.24, 2.45) is 23.2 Å². The Balaban J connectivity index is 0.962. The molecule has 10 heteroatoms. The van der Waals surface area contributed by atoms with Gasteiger partial charge in [-0.25, -0.2) is 14.8 Å². The van der Waals surface area contributed by atoms with E-state index in [2.05, 4.69) is 32.3 Å². The predicted molar refractivity (Wildman–Crippen MR) is 129 cm³/mol. The highest BCUT2D eigenvalue weighted by molar-refractivity contribution is 5.76. The van der Waals surface area contributed by atoms with E-state index >= 15 is 0 Å². The van der Waals surface area contributed by atoms with Gasteiger partial charge in [0.2, 0.25) is 5.95 Å². The topological polar surface area (TPSA) is 64.6 Å². The summed E-state index contributed by atoms with van der Waals surface area (Å²) in [6, 6.07) is -0.0409. The number of hydrogen-bond acceptors (Lipinski definition) is 5. The number of nitrogens with zero attached hydrogens (tertiary/aromatic N) is 5. The van der Waals surface area contributed by atoms with Crippen molar-refractivity contribution >= 4 is 12.0 Å². The minimum absolute atomic E-state index is 0.0483. The van der Waals surface area contributed by atoms with E-state index in [1.54, 1.807) is 0 Å². The molecular formula is C26H35F3N6O. The highest BCUT2D eigenvalue weighted by Gasteiger charge is 2.53. The summed E-state index contributed by atoms with van der Waals surface area (Å²) in [6.45, 7) is 8.43. The monoisotopic (exact) mass is 504 g/mol. The minimum atomic E-state index is -4.46. The Morgan fingerprint density at radius 3 is 2.31 bits per heavy atom. The van der Waals surface area contributed by atoms with Gasteiger partial charge in [0.25, 0.3) is 0 Å². The number of urea groups is 1. The molecule has 2 bridgehead atoms. The highest BCUT2D eigenvalue weighted by atomic mass is 19.4. The van der Waals surface area contributed by atoms with E-state index in [4.69, 9.17) is 0 Å². The van der Waals surface area contributed by atoms with E-state index < -0.39 is 11.7 Å². The van der Waals surface area contributed by atoms with Crippen molar-refractivity contribution in [1.82, 2.24) is 25.1 Å². The van der Waals surface area contributed by atoms with Gasteiger partial charge in [-0.2, -0.15) is 13.2 Å². The number of halogens is 3. The van der Waals surface area contributed by atoms with Crippen molar-refractivity contribution in [3.8, 4) is 0 Å². The SMILES string of the molecule is C[C@@H]1CN(c2ncc(C(F)(F)F)cn2)C[C@H](C)N1C(=O)NC1CC2(C1)CN(CC1CC3C=CC1C3)C2. The van der Waals surface area contributed by atoms with Crippen LogP contribution in [-0.4, -0.2) is 76.6 Å². The number of nitrogens with one attached hydrogen (secondary N) is 1. The standard InChI is InChI=1S/C26H35F3N6O/c1-16-11-34(23-30-9-21(10-31-23)26(27,28)29)12-17(2)35(16)24(36)32-22-7-25(8-22)14-33(15-25)13-20-6-18-3-4-19(20)5-18/h3-4,9-10,16-20,22H,5-8,11-15H2,1-2H3,(H,32,36)/t16-,17+,18?,19?,20?. The fourth-order valence-corrected chi connectivity index (χ4v) is 7.58. The summed E-state index contributed by atoms with van der Waals surface area (Å²) in [7, 11) is 0. The van der Waals surface area contributed by atoms with Gasteiger partial charge in [0.15, 0.2) is 0 Å². The predicted octanol–water partition coefficient (Wildman–Crippen LogP) is 3.78. The maximum Gasteiger partial charge on any atom is 0.419 e. The molecule has 1 aromatic rings. The minimum Gasteiger partial charge on any atom is -0.337 e. The molecule has 2 aliphatic heterocycles. The van der Waals surface area contributed by atoms with Crippen LogP contribution in [0.5, 0.6) is 0 Å². The van der Waals surface area contributed by atoms with Crippen molar-refractivity contribution in [1.29, 1.82) is 0 Å². The summed E-state index contributed by atoms with van der Waals surface area (Å²) >= 11 is 0. The van der Waals surface area contributed by atoms with Crippen LogP contribution in [0.3, 0.4) is 0 Å². The van der Waals surface area contributed by atoms with Crippen LogP contribution in [0.1, 0.15) is 45.1 Å². The van der Waals surface area contributed by atoms with Crippen LogP contribution in [-0.2, 0) is 6.18 Å². The first-order chi connectivity index (χ1) is 17.1. The van der Waals surface area contributed by atoms with Crippen molar-refractivity contribution in [3.63, 3.8) is 0 Å². The molecule has 5 aliphatic rings. The number of carbonyl (C=O) groups excluding carboxylic acids is 1. The van der Waals surface area contributed by atoms with E-state index in [0.29, 0.717) is 18.5 Å². The number of rotatable bonds is 4. The van der Waals surface area contributed by atoms with Crippen LogP contribution in [0.25, 0.3) is 0 Å². The van der Waals surface area contributed by atoms with Crippen LogP contribution in [0.4, 0.5) is 23.9 Å². The smallest absolute Gasteiger partial charge is 0.337 e. The van der Waals surface area contributed by atoms with Crippen LogP contribution >= 0.6 is 0 Å². The highest BCUT2D eigenvalue weighted by Crippen LogP contribution is 2.50. The van der Waals surface area contributed by atoms with Gasteiger partial charge in [-0.15, -0.1) is 0 Å². The summed E-state index contributed by atoms with van der Waals surface area (Å²) in [5, 5.41) is 3.24. The maximum atomic E-state index is 13.1. The molecule has 4 fully saturated rings. The molecule has 2 amide bonds. The lowest BCUT2D eigenvalue weighted by Gasteiger charge is -2.60. The van der Waals surface area contributed by atoms with E-state index in [9.17, 15) is 18.0 Å². The zero-order valence-electron chi connectivity index (χ0n) is 20.9. The fourth-order valence-electron chi connectivity index (χ4n) is 7.58. The Kier molecular flexibility index (Phi) is 5.73. The number of likely N-dealkylation sites (tertiary alicyclic amines) is 1. The lowest BCUT2D eigenvalue weighted by Crippen LogP contribution is -2.69. The molecule has 1 N–H and O–H groups in total. The Bertz CT molecular complexity index is 1000. The van der Waals surface area contributed by atoms with Crippen molar-refractivity contribution in [3.05, 3.63) is 30.1 Å². The van der Waals surface area contributed by atoms with Gasteiger partial charge in [0.1, 0.15) is 0 Å². The summed E-state index contributed by atoms with van der Waals surface area (Å²) in [5.41, 5.74) is -0.470. The van der Waals surface area contributed by atoms with Crippen molar-refractivity contribution in [2.75, 3.05) is 37.6 Å². The van der Waals surface area contributed by atoms with Crippen LogP contribution < -0.4 is 10.2 Å².